The van der Waals surface area contributed by atoms with E-state index in [0.29, 0.717) is 19.0 Å². The maximum atomic E-state index is 10.7. The van der Waals surface area contributed by atoms with Crippen molar-refractivity contribution in [1.29, 1.82) is 0 Å². The Hall–Kier alpha value is -2.43. The van der Waals surface area contributed by atoms with Gasteiger partial charge in [-0.15, -0.1) is 24.0 Å². The number of para-hydroxylation sites is 2. The van der Waals surface area contributed by atoms with E-state index in [4.69, 9.17) is 0 Å². The van der Waals surface area contributed by atoms with Gasteiger partial charge in [-0.3, -0.25) is 0 Å². The Morgan fingerprint density at radius 2 is 1.85 bits per heavy atom. The number of fused-ring (bicyclic) bond motifs is 1. The van der Waals surface area contributed by atoms with Crippen LogP contribution in [0.3, 0.4) is 0 Å². The molecule has 1 unspecified atom stereocenters. The highest BCUT2D eigenvalue weighted by Crippen LogP contribution is 2.22. The molecular formula is C25H30IN5OS. The van der Waals surface area contributed by atoms with Crippen LogP contribution in [0.1, 0.15) is 30.5 Å². The molecule has 0 bridgehead atoms. The number of halogens is 1. The molecule has 4 rings (SSSR count). The first-order valence-electron chi connectivity index (χ1n) is 10.8. The third-order valence-corrected chi connectivity index (χ3v) is 6.09. The molecule has 4 aromatic rings. The SMILES string of the molecule is CCNC(=NCc1ccc(Cn2cnc3ccccc32)cc1)NCC(C)(O)c1ccsc1.I. The van der Waals surface area contributed by atoms with Gasteiger partial charge in [-0.25, -0.2) is 9.98 Å². The number of aliphatic imine (C=N–C) groups is 1. The second kappa shape index (κ2) is 11.6. The molecule has 0 radical (unpaired) electrons. The molecule has 1 atom stereocenters. The third-order valence-electron chi connectivity index (χ3n) is 5.41. The fourth-order valence-electron chi connectivity index (χ4n) is 3.52. The van der Waals surface area contributed by atoms with Gasteiger partial charge in [0.15, 0.2) is 5.96 Å². The topological polar surface area (TPSA) is 74.5 Å². The van der Waals surface area contributed by atoms with Crippen molar-refractivity contribution in [1.82, 2.24) is 20.2 Å². The summed E-state index contributed by atoms with van der Waals surface area (Å²) >= 11 is 1.58. The zero-order valence-electron chi connectivity index (χ0n) is 18.9. The molecule has 3 N–H and O–H groups in total. The molecule has 0 aliphatic rings. The lowest BCUT2D eigenvalue weighted by Gasteiger charge is -2.24. The quantitative estimate of drug-likeness (QED) is 0.162. The maximum Gasteiger partial charge on any atom is 0.191 e. The van der Waals surface area contributed by atoms with Gasteiger partial charge in [0.1, 0.15) is 5.60 Å². The van der Waals surface area contributed by atoms with E-state index in [9.17, 15) is 5.11 Å². The van der Waals surface area contributed by atoms with E-state index in [0.717, 1.165) is 35.2 Å². The summed E-state index contributed by atoms with van der Waals surface area (Å²) in [6, 6.07) is 18.6. The number of nitrogens with one attached hydrogen (secondary N) is 2. The van der Waals surface area contributed by atoms with Crippen LogP contribution in [0.15, 0.2) is 76.7 Å². The van der Waals surface area contributed by atoms with Gasteiger partial charge in [-0.05, 0) is 59.5 Å². The van der Waals surface area contributed by atoms with Gasteiger partial charge in [0.2, 0.25) is 0 Å². The van der Waals surface area contributed by atoms with Gasteiger partial charge >= 0.3 is 0 Å². The van der Waals surface area contributed by atoms with Crippen LogP contribution in [0.5, 0.6) is 0 Å². The van der Waals surface area contributed by atoms with Crippen LogP contribution in [-0.4, -0.2) is 33.7 Å². The van der Waals surface area contributed by atoms with Crippen molar-refractivity contribution in [3.05, 3.63) is 88.4 Å². The number of nitrogens with zero attached hydrogens (tertiary/aromatic N) is 3. The van der Waals surface area contributed by atoms with E-state index < -0.39 is 5.60 Å². The number of guanidine groups is 1. The monoisotopic (exact) mass is 575 g/mol. The van der Waals surface area contributed by atoms with Gasteiger partial charge < -0.3 is 20.3 Å². The predicted molar refractivity (Wildman–Crippen MR) is 147 cm³/mol. The second-order valence-corrected chi connectivity index (χ2v) is 8.79. The molecule has 0 fully saturated rings. The number of rotatable bonds is 8. The van der Waals surface area contributed by atoms with Crippen molar-refractivity contribution >= 4 is 52.3 Å². The first-order chi connectivity index (χ1) is 15.5. The normalized spacial score (nSPS) is 13.4. The zero-order valence-corrected chi connectivity index (χ0v) is 22.0. The van der Waals surface area contributed by atoms with Crippen molar-refractivity contribution < 1.29 is 5.11 Å². The Morgan fingerprint density at radius 3 is 2.58 bits per heavy atom. The summed E-state index contributed by atoms with van der Waals surface area (Å²) in [5.74, 6) is 0.692. The van der Waals surface area contributed by atoms with E-state index in [2.05, 4.69) is 55.5 Å². The molecule has 6 nitrogen and oxygen atoms in total. The van der Waals surface area contributed by atoms with Crippen molar-refractivity contribution in [2.75, 3.05) is 13.1 Å². The summed E-state index contributed by atoms with van der Waals surface area (Å²) in [4.78, 5) is 9.15. The maximum absolute atomic E-state index is 10.7. The minimum Gasteiger partial charge on any atom is -0.384 e. The van der Waals surface area contributed by atoms with Crippen LogP contribution in [-0.2, 0) is 18.7 Å². The Labute approximate surface area is 215 Å². The molecule has 2 heterocycles. The summed E-state index contributed by atoms with van der Waals surface area (Å²) in [5, 5.41) is 21.2. The fraction of sp³-hybridized carbons (Fsp3) is 0.280. The number of thiophene rings is 1. The number of benzene rings is 2. The lowest BCUT2D eigenvalue weighted by Crippen LogP contribution is -2.44. The summed E-state index contributed by atoms with van der Waals surface area (Å²) in [6.45, 7) is 6.32. The largest absolute Gasteiger partial charge is 0.384 e. The van der Waals surface area contributed by atoms with E-state index in [-0.39, 0.29) is 24.0 Å². The Morgan fingerprint density at radius 1 is 1.09 bits per heavy atom. The highest BCUT2D eigenvalue weighted by Gasteiger charge is 2.23. The Balaban J connectivity index is 0.00000306. The van der Waals surface area contributed by atoms with Gasteiger partial charge in [-0.2, -0.15) is 11.3 Å². The second-order valence-electron chi connectivity index (χ2n) is 8.01. The van der Waals surface area contributed by atoms with Crippen molar-refractivity contribution in [2.24, 2.45) is 4.99 Å². The average molecular weight is 576 g/mol. The van der Waals surface area contributed by atoms with E-state index in [1.165, 1.54) is 5.56 Å². The summed E-state index contributed by atoms with van der Waals surface area (Å²) < 4.78 is 2.16. The van der Waals surface area contributed by atoms with Crippen LogP contribution in [0.4, 0.5) is 0 Å². The lowest BCUT2D eigenvalue weighted by atomic mass is 9.99. The smallest absolute Gasteiger partial charge is 0.191 e. The summed E-state index contributed by atoms with van der Waals surface area (Å²) in [6.07, 6.45) is 1.89. The zero-order chi connectivity index (χ0) is 22.4. The number of imidazole rings is 1. The van der Waals surface area contributed by atoms with Crippen LogP contribution < -0.4 is 10.6 Å². The van der Waals surface area contributed by atoms with Crippen LogP contribution in [0, 0.1) is 0 Å². The molecule has 8 heteroatoms. The van der Waals surface area contributed by atoms with Gasteiger partial charge in [0.05, 0.1) is 30.5 Å². The number of aromatic nitrogens is 2. The molecular weight excluding hydrogens is 545 g/mol. The first-order valence-corrected chi connectivity index (χ1v) is 11.7. The number of hydrogen-bond acceptors (Lipinski definition) is 4. The first kappa shape index (κ1) is 25.2. The van der Waals surface area contributed by atoms with Crippen molar-refractivity contribution in [2.45, 2.75) is 32.5 Å². The fourth-order valence-corrected chi connectivity index (χ4v) is 4.31. The molecule has 0 aliphatic heterocycles. The third kappa shape index (κ3) is 6.55. The summed E-state index contributed by atoms with van der Waals surface area (Å²) in [5.41, 5.74) is 4.46. The average Bonchev–Trinajstić information content (AvgIpc) is 3.48. The Kier molecular flexibility index (Phi) is 8.87. The standard InChI is InChI=1S/C25H29N5OS.HI/c1-3-26-24(28-17-25(2,31)21-12-13-32-16-21)27-14-19-8-10-20(11-9-19)15-30-18-29-22-6-4-5-7-23(22)30;/h4-13,16,18,31H,3,14-15,17H2,1-2H3,(H2,26,27,28);1H. The molecule has 0 spiro atoms. The predicted octanol–water partition coefficient (Wildman–Crippen LogP) is 4.73. The number of hydrogen-bond donors (Lipinski definition) is 3. The molecule has 0 saturated heterocycles. The van der Waals surface area contributed by atoms with Crippen LogP contribution >= 0.6 is 35.3 Å². The van der Waals surface area contributed by atoms with Crippen molar-refractivity contribution in [3.63, 3.8) is 0 Å². The molecule has 0 aliphatic carbocycles. The van der Waals surface area contributed by atoms with Crippen molar-refractivity contribution in [3.8, 4) is 0 Å². The molecule has 33 heavy (non-hydrogen) atoms. The van der Waals surface area contributed by atoms with Gasteiger partial charge in [0, 0.05) is 13.1 Å². The molecule has 2 aromatic carbocycles. The molecule has 2 aromatic heterocycles. The van der Waals surface area contributed by atoms with E-state index >= 15 is 0 Å². The minimum atomic E-state index is -0.949. The van der Waals surface area contributed by atoms with Gasteiger partial charge in [-0.1, -0.05) is 36.4 Å². The van der Waals surface area contributed by atoms with E-state index in [1.807, 2.05) is 55.2 Å². The minimum absolute atomic E-state index is 0. The molecule has 0 amide bonds. The summed E-state index contributed by atoms with van der Waals surface area (Å²) in [7, 11) is 0. The molecule has 174 valence electrons. The van der Waals surface area contributed by atoms with E-state index in [1.54, 1.807) is 11.3 Å². The van der Waals surface area contributed by atoms with Crippen LogP contribution in [0.25, 0.3) is 11.0 Å². The highest BCUT2D eigenvalue weighted by molar-refractivity contribution is 14.0. The Bertz CT molecular complexity index is 1170. The highest BCUT2D eigenvalue weighted by atomic mass is 127. The van der Waals surface area contributed by atoms with Crippen LogP contribution in [0.2, 0.25) is 0 Å². The molecule has 0 saturated carbocycles. The number of aliphatic hydroxyl groups is 1. The van der Waals surface area contributed by atoms with Gasteiger partial charge in [0.25, 0.3) is 0 Å². The lowest BCUT2D eigenvalue weighted by molar-refractivity contribution is 0.0621.